The zero-order valence-corrected chi connectivity index (χ0v) is 11.5. The lowest BCUT2D eigenvalue weighted by Crippen LogP contribution is -2.47. The van der Waals surface area contributed by atoms with Crippen LogP contribution in [0.5, 0.6) is 0 Å². The highest BCUT2D eigenvalue weighted by Crippen LogP contribution is 2.04. The second kappa shape index (κ2) is 7.62. The predicted octanol–water partition coefficient (Wildman–Crippen LogP) is 0.371. The first-order chi connectivity index (χ1) is 9.04. The Morgan fingerprint density at radius 2 is 2.26 bits per heavy atom. The van der Waals surface area contributed by atoms with Crippen LogP contribution in [-0.4, -0.2) is 50.3 Å². The third-order valence-electron chi connectivity index (χ3n) is 2.41. The Kier molecular flexibility index (Phi) is 6.13. The number of hydrogen-bond donors (Lipinski definition) is 4. The van der Waals surface area contributed by atoms with Gasteiger partial charge in [0, 0.05) is 0 Å². The van der Waals surface area contributed by atoms with E-state index in [0.717, 1.165) is 0 Å². The molecular formula is C10H17N5O3S. The Labute approximate surface area is 114 Å². The number of carbonyl (C=O) groups is 2. The highest BCUT2D eigenvalue weighted by molar-refractivity contribution is 7.98. The fraction of sp³-hybridized carbons (Fsp3) is 0.600. The lowest BCUT2D eigenvalue weighted by molar-refractivity contribution is -0.139. The molecule has 19 heavy (non-hydrogen) atoms. The molecule has 0 spiro atoms. The highest BCUT2D eigenvalue weighted by atomic mass is 32.2. The SMILES string of the molecule is CSCC[C@@H](NC(=O)NC(C)c1ncn[nH]1)C(=O)O. The van der Waals surface area contributed by atoms with Crippen molar-refractivity contribution in [2.24, 2.45) is 0 Å². The Morgan fingerprint density at radius 1 is 1.53 bits per heavy atom. The van der Waals surface area contributed by atoms with Crippen molar-refractivity contribution >= 4 is 23.8 Å². The van der Waals surface area contributed by atoms with Crippen molar-refractivity contribution in [3.63, 3.8) is 0 Å². The minimum absolute atomic E-state index is 0.376. The second-order valence-corrected chi connectivity index (χ2v) is 4.87. The van der Waals surface area contributed by atoms with Crippen LogP contribution < -0.4 is 10.6 Å². The topological polar surface area (TPSA) is 120 Å². The summed E-state index contributed by atoms with van der Waals surface area (Å²) in [5.74, 6) is 0.122. The number of rotatable bonds is 7. The third kappa shape index (κ3) is 5.16. The molecular weight excluding hydrogens is 270 g/mol. The molecule has 8 nitrogen and oxygen atoms in total. The quantitative estimate of drug-likeness (QED) is 0.575. The zero-order valence-electron chi connectivity index (χ0n) is 10.7. The molecule has 9 heteroatoms. The van der Waals surface area contributed by atoms with Crippen LogP contribution in [0.1, 0.15) is 25.2 Å². The fourth-order valence-corrected chi connectivity index (χ4v) is 1.85. The molecule has 0 aromatic carbocycles. The number of hydrogen-bond acceptors (Lipinski definition) is 5. The number of aliphatic carboxylic acids is 1. The number of aromatic nitrogens is 3. The predicted molar refractivity (Wildman–Crippen MR) is 70.9 cm³/mol. The summed E-state index contributed by atoms with van der Waals surface area (Å²) in [5, 5.41) is 20.3. The summed E-state index contributed by atoms with van der Waals surface area (Å²) >= 11 is 1.53. The van der Waals surface area contributed by atoms with Crippen molar-refractivity contribution < 1.29 is 14.7 Å². The van der Waals surface area contributed by atoms with Gasteiger partial charge in [-0.15, -0.1) is 0 Å². The smallest absolute Gasteiger partial charge is 0.326 e. The van der Waals surface area contributed by atoms with E-state index in [9.17, 15) is 9.59 Å². The van der Waals surface area contributed by atoms with Crippen LogP contribution in [0.3, 0.4) is 0 Å². The van der Waals surface area contributed by atoms with Crippen molar-refractivity contribution in [1.82, 2.24) is 25.8 Å². The van der Waals surface area contributed by atoms with Gasteiger partial charge in [-0.05, 0) is 25.4 Å². The van der Waals surface area contributed by atoms with E-state index in [1.165, 1.54) is 18.1 Å². The molecule has 1 unspecified atom stereocenters. The van der Waals surface area contributed by atoms with Gasteiger partial charge >= 0.3 is 12.0 Å². The van der Waals surface area contributed by atoms with Gasteiger partial charge in [-0.3, -0.25) is 5.10 Å². The van der Waals surface area contributed by atoms with E-state index < -0.39 is 18.0 Å². The molecule has 0 aliphatic carbocycles. The highest BCUT2D eigenvalue weighted by Gasteiger charge is 2.20. The number of nitrogens with one attached hydrogen (secondary N) is 3. The molecule has 0 aliphatic rings. The van der Waals surface area contributed by atoms with Gasteiger partial charge in [0.2, 0.25) is 0 Å². The number of urea groups is 1. The van der Waals surface area contributed by atoms with Gasteiger partial charge in [0.1, 0.15) is 18.2 Å². The van der Waals surface area contributed by atoms with Gasteiger partial charge in [-0.2, -0.15) is 16.9 Å². The molecule has 0 radical (unpaired) electrons. The van der Waals surface area contributed by atoms with Crippen LogP contribution in [0.25, 0.3) is 0 Å². The van der Waals surface area contributed by atoms with Gasteiger partial charge < -0.3 is 15.7 Å². The van der Waals surface area contributed by atoms with Crippen molar-refractivity contribution in [2.45, 2.75) is 25.4 Å². The molecule has 0 saturated carbocycles. The summed E-state index contributed by atoms with van der Waals surface area (Å²) in [6.07, 6.45) is 3.59. The number of H-pyrrole nitrogens is 1. The Bertz CT molecular complexity index is 411. The van der Waals surface area contributed by atoms with E-state index in [2.05, 4.69) is 25.8 Å². The first-order valence-corrected chi connectivity index (χ1v) is 7.08. The molecule has 106 valence electrons. The summed E-state index contributed by atoms with van der Waals surface area (Å²) in [4.78, 5) is 26.6. The van der Waals surface area contributed by atoms with Crippen LogP contribution in [0.4, 0.5) is 4.79 Å². The summed E-state index contributed by atoms with van der Waals surface area (Å²) in [6.45, 7) is 1.72. The van der Waals surface area contributed by atoms with Crippen LogP contribution in [0, 0.1) is 0 Å². The third-order valence-corrected chi connectivity index (χ3v) is 3.05. The Balaban J connectivity index is 2.46. The molecule has 2 atom stereocenters. The molecule has 0 fully saturated rings. The number of thioether (sulfide) groups is 1. The standard InChI is InChI=1S/C10H17N5O3S/c1-6(8-11-5-12-15-8)13-10(18)14-7(9(16)17)3-4-19-2/h5-7H,3-4H2,1-2H3,(H,16,17)(H,11,12,15)(H2,13,14,18)/t6?,7-/m1/s1. The van der Waals surface area contributed by atoms with E-state index in [4.69, 9.17) is 5.11 Å². The van der Waals surface area contributed by atoms with Gasteiger partial charge in [-0.1, -0.05) is 0 Å². The Hall–Kier alpha value is -1.77. The molecule has 0 bridgehead atoms. The van der Waals surface area contributed by atoms with Crippen molar-refractivity contribution in [3.8, 4) is 0 Å². The van der Waals surface area contributed by atoms with Crippen molar-refractivity contribution in [1.29, 1.82) is 0 Å². The van der Waals surface area contributed by atoms with E-state index in [-0.39, 0.29) is 6.04 Å². The number of amides is 2. The van der Waals surface area contributed by atoms with Gasteiger partial charge in [0.15, 0.2) is 0 Å². The molecule has 4 N–H and O–H groups in total. The minimum atomic E-state index is -1.04. The average Bonchev–Trinajstić information content (AvgIpc) is 2.87. The average molecular weight is 287 g/mol. The lowest BCUT2D eigenvalue weighted by Gasteiger charge is -2.16. The number of aromatic amines is 1. The minimum Gasteiger partial charge on any atom is -0.480 e. The maximum atomic E-state index is 11.7. The first kappa shape index (κ1) is 15.3. The molecule has 0 aliphatic heterocycles. The molecule has 1 rings (SSSR count). The van der Waals surface area contributed by atoms with Gasteiger partial charge in [0.25, 0.3) is 0 Å². The summed E-state index contributed by atoms with van der Waals surface area (Å²) in [5.41, 5.74) is 0. The molecule has 2 amide bonds. The van der Waals surface area contributed by atoms with E-state index >= 15 is 0 Å². The summed E-state index contributed by atoms with van der Waals surface area (Å²) in [7, 11) is 0. The van der Waals surface area contributed by atoms with Crippen molar-refractivity contribution in [3.05, 3.63) is 12.2 Å². The van der Waals surface area contributed by atoms with Crippen LogP contribution >= 0.6 is 11.8 Å². The zero-order chi connectivity index (χ0) is 14.3. The second-order valence-electron chi connectivity index (χ2n) is 3.88. The molecule has 0 saturated heterocycles. The maximum Gasteiger partial charge on any atom is 0.326 e. The van der Waals surface area contributed by atoms with Crippen molar-refractivity contribution in [2.75, 3.05) is 12.0 Å². The number of carboxylic acids is 1. The van der Waals surface area contributed by atoms with Gasteiger partial charge in [-0.25, -0.2) is 14.6 Å². The molecule has 1 aromatic heterocycles. The molecule has 1 aromatic rings. The van der Waals surface area contributed by atoms with Crippen LogP contribution in [-0.2, 0) is 4.79 Å². The summed E-state index contributed by atoms with van der Waals surface area (Å²) in [6, 6.07) is -1.82. The number of carboxylic acid groups (broad SMARTS) is 1. The van der Waals surface area contributed by atoms with E-state index in [1.807, 2.05) is 6.26 Å². The first-order valence-electron chi connectivity index (χ1n) is 5.68. The van der Waals surface area contributed by atoms with E-state index in [1.54, 1.807) is 6.92 Å². The summed E-state index contributed by atoms with van der Waals surface area (Å²) < 4.78 is 0. The lowest BCUT2D eigenvalue weighted by atomic mass is 10.2. The van der Waals surface area contributed by atoms with Gasteiger partial charge in [0.05, 0.1) is 6.04 Å². The van der Waals surface area contributed by atoms with Crippen LogP contribution in [0.2, 0.25) is 0 Å². The normalized spacial score (nSPS) is 13.6. The fourth-order valence-electron chi connectivity index (χ4n) is 1.38. The largest absolute Gasteiger partial charge is 0.480 e. The maximum absolute atomic E-state index is 11.7. The van der Waals surface area contributed by atoms with Crippen LogP contribution in [0.15, 0.2) is 6.33 Å². The monoisotopic (exact) mass is 287 g/mol. The number of nitrogens with zero attached hydrogens (tertiary/aromatic N) is 2. The Morgan fingerprint density at radius 3 is 2.79 bits per heavy atom. The van der Waals surface area contributed by atoms with E-state index in [0.29, 0.717) is 18.0 Å². The molecule has 1 heterocycles. The number of carbonyl (C=O) groups excluding carboxylic acids is 1.